The largest absolute Gasteiger partial charge is 0.338 e. The number of likely N-dealkylation sites (tertiary alicyclic amines) is 1. The van der Waals surface area contributed by atoms with Gasteiger partial charge in [0, 0.05) is 22.4 Å². The first-order valence-corrected chi connectivity index (χ1v) is 8.34. The quantitative estimate of drug-likeness (QED) is 0.706. The summed E-state index contributed by atoms with van der Waals surface area (Å²) in [4.78, 5) is 15.6. The molecular weight excluding hydrogens is 366 g/mol. The van der Waals surface area contributed by atoms with Gasteiger partial charge in [-0.3, -0.25) is 4.79 Å². The Balaban J connectivity index is 1.98. The molecule has 0 radical (unpaired) electrons. The Morgan fingerprint density at radius 2 is 2.18 bits per heavy atom. The van der Waals surface area contributed by atoms with Gasteiger partial charge in [0.05, 0.1) is 0 Å². The predicted octanol–water partition coefficient (Wildman–Crippen LogP) is 4.15. The number of hydrogen-bond acceptors (Lipinski definition) is 2. The van der Waals surface area contributed by atoms with Crippen LogP contribution in [0.15, 0.2) is 15.9 Å². The minimum Gasteiger partial charge on any atom is -0.338 e. The van der Waals surface area contributed by atoms with Gasteiger partial charge in [-0.2, -0.15) is 0 Å². The van der Waals surface area contributed by atoms with Crippen LogP contribution in [-0.2, 0) is 0 Å². The second kappa shape index (κ2) is 5.85. The number of thiophene rings is 1. The molecular formula is C12H15Br2NOS. The van der Waals surface area contributed by atoms with Crippen LogP contribution in [0.25, 0.3) is 0 Å². The molecule has 17 heavy (non-hydrogen) atoms. The van der Waals surface area contributed by atoms with Gasteiger partial charge in [0.15, 0.2) is 0 Å². The lowest BCUT2D eigenvalue weighted by molar-refractivity contribution is 0.0695. The van der Waals surface area contributed by atoms with Crippen LogP contribution in [-0.4, -0.2) is 28.7 Å². The van der Waals surface area contributed by atoms with Crippen molar-refractivity contribution in [1.29, 1.82) is 0 Å². The topological polar surface area (TPSA) is 20.3 Å². The Morgan fingerprint density at radius 1 is 1.53 bits per heavy atom. The van der Waals surface area contributed by atoms with E-state index in [1.165, 1.54) is 11.3 Å². The van der Waals surface area contributed by atoms with Crippen LogP contribution in [0.1, 0.15) is 29.4 Å². The number of carbonyl (C=O) groups is 1. The van der Waals surface area contributed by atoms with Crippen LogP contribution in [0.3, 0.4) is 0 Å². The average molecular weight is 381 g/mol. The Labute approximate surface area is 123 Å². The first kappa shape index (κ1) is 13.6. The number of amides is 1. The highest BCUT2D eigenvalue weighted by Crippen LogP contribution is 2.28. The van der Waals surface area contributed by atoms with E-state index in [4.69, 9.17) is 0 Å². The molecule has 1 atom stereocenters. The van der Waals surface area contributed by atoms with Crippen LogP contribution < -0.4 is 0 Å². The molecule has 1 aromatic rings. The monoisotopic (exact) mass is 379 g/mol. The first-order chi connectivity index (χ1) is 8.09. The molecule has 5 heteroatoms. The molecule has 0 bridgehead atoms. The predicted molar refractivity (Wildman–Crippen MR) is 79.0 cm³/mol. The van der Waals surface area contributed by atoms with Gasteiger partial charge in [-0.25, -0.2) is 0 Å². The molecule has 1 aliphatic rings. The van der Waals surface area contributed by atoms with Gasteiger partial charge >= 0.3 is 0 Å². The van der Waals surface area contributed by atoms with Gasteiger partial charge in [0.1, 0.15) is 4.88 Å². The van der Waals surface area contributed by atoms with Gasteiger partial charge in [0.25, 0.3) is 5.91 Å². The summed E-state index contributed by atoms with van der Waals surface area (Å²) in [5.41, 5.74) is 0. The smallest absolute Gasteiger partial charge is 0.265 e. The van der Waals surface area contributed by atoms with Crippen LogP contribution in [0.5, 0.6) is 0 Å². The number of rotatable bonds is 2. The van der Waals surface area contributed by atoms with Crippen LogP contribution in [0, 0.1) is 5.92 Å². The first-order valence-electron chi connectivity index (χ1n) is 5.76. The van der Waals surface area contributed by atoms with E-state index in [-0.39, 0.29) is 5.91 Å². The molecule has 0 saturated carbocycles. The summed E-state index contributed by atoms with van der Waals surface area (Å²) in [6.07, 6.45) is 2.20. The van der Waals surface area contributed by atoms with Crippen molar-refractivity contribution in [3.05, 3.63) is 20.8 Å². The highest BCUT2D eigenvalue weighted by molar-refractivity contribution is 9.10. The highest BCUT2D eigenvalue weighted by atomic mass is 79.9. The summed E-state index contributed by atoms with van der Waals surface area (Å²) in [6, 6.07) is 1.94. The van der Waals surface area contributed by atoms with Crippen molar-refractivity contribution in [2.24, 2.45) is 5.92 Å². The van der Waals surface area contributed by atoms with E-state index in [2.05, 4.69) is 38.8 Å². The molecule has 2 heterocycles. The molecule has 0 N–H and O–H groups in total. The summed E-state index contributed by atoms with van der Waals surface area (Å²) >= 11 is 8.57. The second-order valence-electron chi connectivity index (χ2n) is 4.40. The third-order valence-electron chi connectivity index (χ3n) is 3.29. The molecule has 1 unspecified atom stereocenters. The van der Waals surface area contributed by atoms with Crippen molar-refractivity contribution >= 4 is 49.1 Å². The Bertz CT molecular complexity index is 397. The van der Waals surface area contributed by atoms with E-state index in [9.17, 15) is 4.79 Å². The maximum absolute atomic E-state index is 12.3. The molecule has 1 fully saturated rings. The third kappa shape index (κ3) is 3.12. The van der Waals surface area contributed by atoms with Crippen molar-refractivity contribution in [2.75, 3.05) is 13.1 Å². The molecule has 94 valence electrons. The normalized spacial score (nSPS) is 19.4. The van der Waals surface area contributed by atoms with E-state index in [1.54, 1.807) is 0 Å². The van der Waals surface area contributed by atoms with E-state index in [0.717, 1.165) is 35.3 Å². The summed E-state index contributed by atoms with van der Waals surface area (Å²) < 4.78 is 0.920. The molecule has 1 aliphatic heterocycles. The summed E-state index contributed by atoms with van der Waals surface area (Å²) in [6.45, 7) is 3.95. The number of hydrogen-bond donors (Lipinski definition) is 0. The fraction of sp³-hybridized carbons (Fsp3) is 0.583. The zero-order valence-electron chi connectivity index (χ0n) is 9.66. The van der Waals surface area contributed by atoms with Gasteiger partial charge < -0.3 is 4.90 Å². The zero-order chi connectivity index (χ0) is 12.4. The lowest BCUT2D eigenvalue weighted by Gasteiger charge is -2.33. The summed E-state index contributed by atoms with van der Waals surface area (Å²) in [7, 11) is 0. The fourth-order valence-corrected chi connectivity index (χ4v) is 4.19. The molecule has 1 aromatic heterocycles. The van der Waals surface area contributed by atoms with Crippen molar-refractivity contribution in [1.82, 2.24) is 4.90 Å². The van der Waals surface area contributed by atoms with Gasteiger partial charge in [-0.05, 0) is 46.1 Å². The summed E-state index contributed by atoms with van der Waals surface area (Å²) in [5.74, 6) is 0.873. The van der Waals surface area contributed by atoms with Crippen molar-refractivity contribution in [3.63, 3.8) is 0 Å². The third-order valence-corrected chi connectivity index (χ3v) is 5.86. The second-order valence-corrected chi connectivity index (χ2v) is 7.62. The number of carbonyl (C=O) groups excluding carboxylic acids is 1. The lowest BCUT2D eigenvalue weighted by atomic mass is 9.94. The molecule has 0 aromatic carbocycles. The Morgan fingerprint density at radius 3 is 2.65 bits per heavy atom. The molecule has 2 rings (SSSR count). The minimum absolute atomic E-state index is 0.174. The molecule has 1 saturated heterocycles. The van der Waals surface area contributed by atoms with E-state index >= 15 is 0 Å². The van der Waals surface area contributed by atoms with E-state index < -0.39 is 0 Å². The van der Waals surface area contributed by atoms with Crippen molar-refractivity contribution < 1.29 is 4.79 Å². The Hall–Kier alpha value is 0.130. The van der Waals surface area contributed by atoms with Crippen LogP contribution in [0.4, 0.5) is 0 Å². The SMILES string of the molecule is CC(Br)C1CCN(C(=O)c2sccc2Br)CC1. The van der Waals surface area contributed by atoms with Crippen molar-refractivity contribution in [2.45, 2.75) is 24.6 Å². The maximum Gasteiger partial charge on any atom is 0.265 e. The molecule has 0 spiro atoms. The Kier molecular flexibility index (Phi) is 4.66. The zero-order valence-corrected chi connectivity index (χ0v) is 13.6. The standard InChI is InChI=1S/C12H15Br2NOS/c1-8(13)9-2-5-15(6-3-9)12(16)11-10(14)4-7-17-11/h4,7-9H,2-3,5-6H2,1H3. The number of alkyl halides is 1. The minimum atomic E-state index is 0.174. The van der Waals surface area contributed by atoms with E-state index in [0.29, 0.717) is 10.7 Å². The average Bonchev–Trinajstić information content (AvgIpc) is 2.74. The van der Waals surface area contributed by atoms with Crippen LogP contribution >= 0.6 is 43.2 Å². The number of nitrogens with zero attached hydrogens (tertiary/aromatic N) is 1. The van der Waals surface area contributed by atoms with Crippen LogP contribution in [0.2, 0.25) is 0 Å². The van der Waals surface area contributed by atoms with E-state index in [1.807, 2.05) is 16.3 Å². The van der Waals surface area contributed by atoms with Gasteiger partial charge in [-0.1, -0.05) is 22.9 Å². The van der Waals surface area contributed by atoms with Gasteiger partial charge in [0.2, 0.25) is 0 Å². The highest BCUT2D eigenvalue weighted by Gasteiger charge is 2.27. The summed E-state index contributed by atoms with van der Waals surface area (Å²) in [5, 5.41) is 1.95. The fourth-order valence-electron chi connectivity index (χ4n) is 2.15. The number of piperidine rings is 1. The molecule has 2 nitrogen and oxygen atoms in total. The molecule has 0 aliphatic carbocycles. The van der Waals surface area contributed by atoms with Crippen molar-refractivity contribution in [3.8, 4) is 0 Å². The van der Waals surface area contributed by atoms with Gasteiger partial charge in [-0.15, -0.1) is 11.3 Å². The maximum atomic E-state index is 12.3. The number of halogens is 2. The molecule has 1 amide bonds. The lowest BCUT2D eigenvalue weighted by Crippen LogP contribution is -2.39.